The third-order valence-electron chi connectivity index (χ3n) is 2.53. The van der Waals surface area contributed by atoms with E-state index in [0.29, 0.717) is 26.3 Å². The maximum absolute atomic E-state index is 11.8. The van der Waals surface area contributed by atoms with Gasteiger partial charge in [0.2, 0.25) is 11.8 Å². The molecule has 2 amide bonds. The van der Waals surface area contributed by atoms with Gasteiger partial charge in [-0.1, -0.05) is 6.92 Å². The predicted molar refractivity (Wildman–Crippen MR) is 59.9 cm³/mol. The summed E-state index contributed by atoms with van der Waals surface area (Å²) in [5.74, 6) is -0.163. The van der Waals surface area contributed by atoms with Crippen molar-refractivity contribution in [3.63, 3.8) is 0 Å². The fourth-order valence-corrected chi connectivity index (χ4v) is 1.75. The Balaban J connectivity index is 2.34. The maximum atomic E-state index is 11.8. The number of nitrogens with zero attached hydrogens (tertiary/aromatic N) is 1. The van der Waals surface area contributed by atoms with Gasteiger partial charge in [0.25, 0.3) is 0 Å². The van der Waals surface area contributed by atoms with Gasteiger partial charge in [0.15, 0.2) is 0 Å². The maximum Gasteiger partial charge on any atom is 0.246 e. The van der Waals surface area contributed by atoms with Crippen LogP contribution in [0.5, 0.6) is 0 Å². The van der Waals surface area contributed by atoms with Crippen LogP contribution >= 0.6 is 0 Å². The van der Waals surface area contributed by atoms with Gasteiger partial charge in [0, 0.05) is 19.7 Å². The minimum atomic E-state index is -0.348. The van der Waals surface area contributed by atoms with Crippen LogP contribution in [0.2, 0.25) is 0 Å². The third-order valence-corrected chi connectivity index (χ3v) is 2.53. The minimum Gasteiger partial charge on any atom is -0.380 e. The van der Waals surface area contributed by atoms with Gasteiger partial charge in [-0.3, -0.25) is 14.5 Å². The van der Waals surface area contributed by atoms with Crippen molar-refractivity contribution in [2.45, 2.75) is 32.7 Å². The van der Waals surface area contributed by atoms with E-state index in [0.717, 1.165) is 6.42 Å². The fraction of sp³-hybridized carbons (Fsp3) is 0.818. The van der Waals surface area contributed by atoms with Crippen LogP contribution in [0.25, 0.3) is 0 Å². The van der Waals surface area contributed by atoms with Crippen LogP contribution in [-0.2, 0) is 14.3 Å². The number of rotatable bonds is 7. The summed E-state index contributed by atoms with van der Waals surface area (Å²) in [6.45, 7) is 6.26. The Labute approximate surface area is 96.1 Å². The zero-order valence-electron chi connectivity index (χ0n) is 9.99. The Morgan fingerprint density at radius 1 is 1.44 bits per heavy atom. The zero-order chi connectivity index (χ0) is 12.0. The van der Waals surface area contributed by atoms with E-state index in [1.165, 1.54) is 4.90 Å². The lowest BCUT2D eigenvalue weighted by Crippen LogP contribution is -2.40. The Bertz CT molecular complexity index is 256. The highest BCUT2D eigenvalue weighted by Gasteiger charge is 2.37. The lowest BCUT2D eigenvalue weighted by atomic mass is 10.2. The van der Waals surface area contributed by atoms with Crippen molar-refractivity contribution in [3.05, 3.63) is 0 Å². The Morgan fingerprint density at radius 3 is 2.81 bits per heavy atom. The second kappa shape index (κ2) is 6.60. The average Bonchev–Trinajstić information content (AvgIpc) is 2.53. The minimum absolute atomic E-state index is 0.0687. The average molecular weight is 228 g/mol. The largest absolute Gasteiger partial charge is 0.380 e. The molecule has 1 fully saturated rings. The fourth-order valence-electron chi connectivity index (χ4n) is 1.75. The van der Waals surface area contributed by atoms with Crippen molar-refractivity contribution < 1.29 is 14.3 Å². The van der Waals surface area contributed by atoms with Crippen molar-refractivity contribution >= 4 is 11.8 Å². The molecule has 92 valence electrons. The monoisotopic (exact) mass is 228 g/mol. The molecule has 1 N–H and O–H groups in total. The number of amides is 2. The molecular weight excluding hydrogens is 208 g/mol. The van der Waals surface area contributed by atoms with E-state index in [1.807, 2.05) is 13.8 Å². The van der Waals surface area contributed by atoms with Crippen molar-refractivity contribution in [3.8, 4) is 0 Å². The van der Waals surface area contributed by atoms with Crippen LogP contribution in [0.4, 0.5) is 0 Å². The number of carbonyl (C=O) groups excluding carboxylic acids is 2. The van der Waals surface area contributed by atoms with Gasteiger partial charge in [-0.15, -0.1) is 0 Å². The molecule has 1 atom stereocenters. The summed E-state index contributed by atoms with van der Waals surface area (Å²) in [7, 11) is 0. The molecule has 0 aliphatic carbocycles. The van der Waals surface area contributed by atoms with Gasteiger partial charge in [-0.25, -0.2) is 0 Å². The Morgan fingerprint density at radius 2 is 2.19 bits per heavy atom. The lowest BCUT2D eigenvalue weighted by molar-refractivity contribution is -0.138. The molecule has 0 aromatic heterocycles. The first-order valence-corrected chi connectivity index (χ1v) is 5.86. The number of hydrogen-bond acceptors (Lipinski definition) is 4. The van der Waals surface area contributed by atoms with Crippen LogP contribution in [-0.4, -0.2) is 49.1 Å². The summed E-state index contributed by atoms with van der Waals surface area (Å²) in [5.41, 5.74) is 0. The first-order valence-electron chi connectivity index (χ1n) is 5.86. The highest BCUT2D eigenvalue weighted by molar-refractivity contribution is 6.05. The Hall–Kier alpha value is -0.940. The summed E-state index contributed by atoms with van der Waals surface area (Å²) >= 11 is 0. The van der Waals surface area contributed by atoms with E-state index in [9.17, 15) is 9.59 Å². The Kier molecular flexibility index (Phi) is 5.42. The molecule has 0 aromatic rings. The van der Waals surface area contributed by atoms with Crippen LogP contribution in [0.1, 0.15) is 26.7 Å². The zero-order valence-corrected chi connectivity index (χ0v) is 9.99. The molecule has 0 bridgehead atoms. The van der Waals surface area contributed by atoms with E-state index >= 15 is 0 Å². The number of nitrogens with one attached hydrogen (secondary N) is 1. The molecule has 0 aromatic carbocycles. The summed E-state index contributed by atoms with van der Waals surface area (Å²) in [6.07, 6.45) is 1.09. The molecule has 1 aliphatic heterocycles. The molecule has 0 saturated carbocycles. The van der Waals surface area contributed by atoms with Crippen LogP contribution in [0.15, 0.2) is 0 Å². The van der Waals surface area contributed by atoms with Crippen LogP contribution < -0.4 is 5.32 Å². The molecule has 1 rings (SSSR count). The number of imide groups is 1. The second-order valence-corrected chi connectivity index (χ2v) is 3.79. The standard InChI is InChI=1S/C11H20N2O3/c1-3-6-13-10(14)8-9(11(13)15)12-5-7-16-4-2/h9,12H,3-8H2,1-2H3. The van der Waals surface area contributed by atoms with E-state index < -0.39 is 0 Å². The van der Waals surface area contributed by atoms with Gasteiger partial charge in [0.1, 0.15) is 0 Å². The van der Waals surface area contributed by atoms with Gasteiger partial charge in [-0.2, -0.15) is 0 Å². The first kappa shape index (κ1) is 13.1. The quantitative estimate of drug-likeness (QED) is 0.498. The molecule has 0 spiro atoms. The van der Waals surface area contributed by atoms with Gasteiger partial charge < -0.3 is 10.1 Å². The molecule has 16 heavy (non-hydrogen) atoms. The lowest BCUT2D eigenvalue weighted by Gasteiger charge is -2.14. The molecule has 5 nitrogen and oxygen atoms in total. The number of carbonyl (C=O) groups is 2. The van der Waals surface area contributed by atoms with E-state index in [4.69, 9.17) is 4.74 Å². The van der Waals surface area contributed by atoms with Gasteiger partial charge >= 0.3 is 0 Å². The molecule has 1 unspecified atom stereocenters. The van der Waals surface area contributed by atoms with E-state index in [2.05, 4.69) is 5.32 Å². The number of hydrogen-bond donors (Lipinski definition) is 1. The second-order valence-electron chi connectivity index (χ2n) is 3.79. The van der Waals surface area contributed by atoms with E-state index in [1.54, 1.807) is 0 Å². The van der Waals surface area contributed by atoms with Crippen molar-refractivity contribution in [2.24, 2.45) is 0 Å². The van der Waals surface area contributed by atoms with Crippen molar-refractivity contribution in [2.75, 3.05) is 26.3 Å². The van der Waals surface area contributed by atoms with Gasteiger partial charge in [-0.05, 0) is 13.3 Å². The third kappa shape index (κ3) is 3.28. The SMILES string of the molecule is CCCN1C(=O)CC(NCCOCC)C1=O. The van der Waals surface area contributed by atoms with E-state index in [-0.39, 0.29) is 24.3 Å². The first-order chi connectivity index (χ1) is 7.70. The van der Waals surface area contributed by atoms with Crippen molar-refractivity contribution in [1.82, 2.24) is 10.2 Å². The molecular formula is C11H20N2O3. The summed E-state index contributed by atoms with van der Waals surface area (Å²) in [4.78, 5) is 24.6. The molecule has 0 radical (unpaired) electrons. The normalized spacial score (nSPS) is 20.9. The summed E-state index contributed by atoms with van der Waals surface area (Å²) in [6, 6.07) is -0.348. The van der Waals surface area contributed by atoms with Crippen LogP contribution in [0.3, 0.4) is 0 Å². The predicted octanol–water partition coefficient (Wildman–Crippen LogP) is 0.150. The van der Waals surface area contributed by atoms with Crippen LogP contribution in [0, 0.1) is 0 Å². The molecule has 1 saturated heterocycles. The number of ether oxygens (including phenoxy) is 1. The summed E-state index contributed by atoms with van der Waals surface area (Å²) in [5, 5.41) is 3.05. The topological polar surface area (TPSA) is 58.6 Å². The number of likely N-dealkylation sites (tertiary alicyclic amines) is 1. The molecule has 1 aliphatic rings. The van der Waals surface area contributed by atoms with Crippen molar-refractivity contribution in [1.29, 1.82) is 0 Å². The molecule has 1 heterocycles. The smallest absolute Gasteiger partial charge is 0.246 e. The molecule has 5 heteroatoms. The highest BCUT2D eigenvalue weighted by atomic mass is 16.5. The van der Waals surface area contributed by atoms with Gasteiger partial charge in [0.05, 0.1) is 19.1 Å². The highest BCUT2D eigenvalue weighted by Crippen LogP contribution is 2.12. The summed E-state index contributed by atoms with van der Waals surface area (Å²) < 4.78 is 5.16.